The molecule has 0 radical (unpaired) electrons. The fourth-order valence-corrected chi connectivity index (χ4v) is 6.05. The van der Waals surface area contributed by atoms with E-state index in [0.717, 1.165) is 24.9 Å². The first-order valence-electron chi connectivity index (χ1n) is 9.70. The van der Waals surface area contributed by atoms with Crippen LogP contribution in [0.3, 0.4) is 0 Å². The van der Waals surface area contributed by atoms with Crippen LogP contribution in [0.2, 0.25) is 0 Å². The topological polar surface area (TPSA) is 62.2 Å². The van der Waals surface area contributed by atoms with E-state index in [-0.39, 0.29) is 23.8 Å². The molecule has 4 bridgehead atoms. The number of amides is 1. The van der Waals surface area contributed by atoms with Gasteiger partial charge in [0.05, 0.1) is 25.5 Å². The number of nitrogens with zero attached hydrogens (tertiary/aromatic N) is 2. The molecule has 27 heavy (non-hydrogen) atoms. The fraction of sp³-hybridized carbons (Fsp3) is 0.571. The maximum atomic E-state index is 13.7. The molecule has 0 unspecified atom stereocenters. The van der Waals surface area contributed by atoms with Gasteiger partial charge in [-0.25, -0.2) is 0 Å². The first-order valence-corrected chi connectivity index (χ1v) is 9.70. The number of piperidine rings is 1. The van der Waals surface area contributed by atoms with Gasteiger partial charge in [-0.05, 0) is 44.4 Å². The van der Waals surface area contributed by atoms with Gasteiger partial charge in [0.1, 0.15) is 11.2 Å². The highest BCUT2D eigenvalue weighted by atomic mass is 16.7. The summed E-state index contributed by atoms with van der Waals surface area (Å²) in [5.41, 5.74) is 2.26. The predicted octanol–water partition coefficient (Wildman–Crippen LogP) is 2.22. The molecule has 0 aromatic heterocycles. The zero-order valence-corrected chi connectivity index (χ0v) is 16.0. The zero-order valence-electron chi connectivity index (χ0n) is 16.0. The molecular weight excluding hydrogens is 344 g/mol. The summed E-state index contributed by atoms with van der Waals surface area (Å²) in [5.74, 6) is 0.945. The second-order valence-corrected chi connectivity index (χ2v) is 8.33. The molecule has 1 aromatic rings. The molecule has 1 amide bonds. The number of rotatable bonds is 1. The quantitative estimate of drug-likeness (QED) is 0.768. The molecule has 4 aliphatic heterocycles. The minimum atomic E-state index is -0.759. The number of hydrogen-bond donors (Lipinski definition) is 1. The lowest BCUT2D eigenvalue weighted by Crippen LogP contribution is -2.50. The Morgan fingerprint density at radius 3 is 2.96 bits per heavy atom. The van der Waals surface area contributed by atoms with Crippen LogP contribution in [0.5, 0.6) is 5.75 Å². The number of phenolic OH excluding ortho intramolecular Hbond substituents is 1. The monoisotopic (exact) mass is 370 g/mol. The minimum Gasteiger partial charge on any atom is -0.508 e. The molecule has 5 aliphatic rings. The predicted molar refractivity (Wildman–Crippen MR) is 100 cm³/mol. The average molecular weight is 370 g/mol. The maximum absolute atomic E-state index is 13.7. The van der Waals surface area contributed by atoms with E-state index in [2.05, 4.69) is 24.9 Å². The molecule has 4 fully saturated rings. The molecule has 6 heteroatoms. The van der Waals surface area contributed by atoms with Gasteiger partial charge in [-0.1, -0.05) is 17.7 Å². The number of anilines is 1. The Morgan fingerprint density at radius 2 is 2.22 bits per heavy atom. The number of hydroxylamine groups is 1. The highest BCUT2D eigenvalue weighted by Crippen LogP contribution is 2.57. The van der Waals surface area contributed by atoms with E-state index in [1.807, 2.05) is 6.07 Å². The molecule has 6 nitrogen and oxygen atoms in total. The van der Waals surface area contributed by atoms with Crippen molar-refractivity contribution < 1.29 is 19.5 Å². The summed E-state index contributed by atoms with van der Waals surface area (Å²) < 4.78 is 6.35. The molecule has 1 N–H and O–H groups in total. The largest absolute Gasteiger partial charge is 0.508 e. The molecule has 4 heterocycles. The Balaban J connectivity index is 1.70. The molecule has 5 atom stereocenters. The molecular formula is C21H26N2O4. The highest BCUT2D eigenvalue weighted by molar-refractivity contribution is 6.07. The van der Waals surface area contributed by atoms with Crippen molar-refractivity contribution in [2.45, 2.75) is 37.3 Å². The Hall–Kier alpha value is -1.89. The van der Waals surface area contributed by atoms with E-state index in [4.69, 9.17) is 9.57 Å². The molecule has 6 rings (SSSR count). The molecule has 1 spiro atoms. The smallest absolute Gasteiger partial charge is 0.264 e. The number of benzene rings is 1. The number of aromatic hydroxyl groups is 1. The van der Waals surface area contributed by atoms with Crippen molar-refractivity contribution in [2.24, 2.45) is 11.8 Å². The maximum Gasteiger partial charge on any atom is 0.264 e. The lowest BCUT2D eigenvalue weighted by molar-refractivity contribution is -0.137. The SMILES string of the molecule is C/C=C1\CN(C)[C@H]2C[C@]3(C(=O)N(OC)c4cc(O)ccc43)[C@H]3C[C@H]1[C@H]2CO3. The summed E-state index contributed by atoms with van der Waals surface area (Å²) >= 11 is 0. The Kier molecular flexibility index (Phi) is 3.70. The molecule has 1 aromatic carbocycles. The van der Waals surface area contributed by atoms with Gasteiger partial charge >= 0.3 is 0 Å². The number of phenols is 1. The van der Waals surface area contributed by atoms with Crippen LogP contribution in [0.1, 0.15) is 25.3 Å². The fourth-order valence-electron chi connectivity index (χ4n) is 6.05. The number of allylic oxidation sites excluding steroid dienone is 1. The van der Waals surface area contributed by atoms with Gasteiger partial charge in [0.25, 0.3) is 5.91 Å². The van der Waals surface area contributed by atoms with Crippen molar-refractivity contribution in [1.29, 1.82) is 0 Å². The standard InChI is InChI=1S/C21H26N2O4/c1-4-12-10-22(2)18-9-21(19-8-14(12)15(18)11-27-19)16-6-5-13(24)7-17(16)23(26-3)20(21)25/h4-7,14-15,18-19,24H,8-11H2,1-3H3/b12-4+/t14-,15-,18+,19-,21-/m1/s1. The van der Waals surface area contributed by atoms with Crippen molar-refractivity contribution in [1.82, 2.24) is 4.90 Å². The van der Waals surface area contributed by atoms with Gasteiger partial charge in [-0.3, -0.25) is 14.5 Å². The van der Waals surface area contributed by atoms with E-state index in [1.54, 1.807) is 12.1 Å². The third-order valence-corrected chi connectivity index (χ3v) is 7.32. The van der Waals surface area contributed by atoms with Crippen LogP contribution >= 0.6 is 0 Å². The first-order chi connectivity index (χ1) is 13.0. The number of carbonyl (C=O) groups excluding carboxylic acids is 1. The van der Waals surface area contributed by atoms with Crippen molar-refractivity contribution >= 4 is 11.6 Å². The second kappa shape index (κ2) is 5.80. The summed E-state index contributed by atoms with van der Waals surface area (Å²) in [7, 11) is 3.66. The van der Waals surface area contributed by atoms with Crippen LogP contribution < -0.4 is 5.06 Å². The number of fused-ring (bicyclic) bond motifs is 2. The number of hydrogen-bond acceptors (Lipinski definition) is 5. The van der Waals surface area contributed by atoms with Gasteiger partial charge in [0.2, 0.25) is 0 Å². The van der Waals surface area contributed by atoms with E-state index in [1.165, 1.54) is 17.7 Å². The molecule has 1 saturated carbocycles. The van der Waals surface area contributed by atoms with Crippen molar-refractivity contribution in [3.8, 4) is 5.75 Å². The van der Waals surface area contributed by atoms with Gasteiger partial charge < -0.3 is 9.84 Å². The summed E-state index contributed by atoms with van der Waals surface area (Å²) in [6, 6.07) is 5.45. The van der Waals surface area contributed by atoms with E-state index < -0.39 is 5.41 Å². The number of carbonyl (C=O) groups is 1. The van der Waals surface area contributed by atoms with Crippen molar-refractivity contribution in [2.75, 3.05) is 32.4 Å². The van der Waals surface area contributed by atoms with E-state index in [0.29, 0.717) is 24.1 Å². The van der Waals surface area contributed by atoms with Crippen LogP contribution in [0.15, 0.2) is 29.8 Å². The van der Waals surface area contributed by atoms with Gasteiger partial charge in [-0.2, -0.15) is 5.06 Å². The molecule has 3 saturated heterocycles. The van der Waals surface area contributed by atoms with Gasteiger partial charge in [0.15, 0.2) is 0 Å². The Morgan fingerprint density at radius 1 is 1.41 bits per heavy atom. The van der Waals surface area contributed by atoms with Gasteiger partial charge in [-0.15, -0.1) is 0 Å². The number of likely N-dealkylation sites (tertiary alicyclic amines) is 1. The molecule has 144 valence electrons. The Bertz CT molecular complexity index is 837. The van der Waals surface area contributed by atoms with Crippen LogP contribution in [-0.2, 0) is 19.8 Å². The van der Waals surface area contributed by atoms with Gasteiger partial charge in [0, 0.05) is 24.6 Å². The third kappa shape index (κ3) is 2.09. The van der Waals surface area contributed by atoms with Crippen LogP contribution in [-0.4, -0.2) is 55.4 Å². The number of ether oxygens (including phenoxy) is 1. The number of likely N-dealkylation sites (N-methyl/N-ethyl adjacent to an activating group) is 1. The zero-order chi connectivity index (χ0) is 18.9. The summed E-state index contributed by atoms with van der Waals surface area (Å²) in [4.78, 5) is 21.5. The van der Waals surface area contributed by atoms with Crippen LogP contribution in [0.4, 0.5) is 5.69 Å². The second-order valence-electron chi connectivity index (χ2n) is 8.33. The Labute approximate surface area is 159 Å². The van der Waals surface area contributed by atoms with Crippen molar-refractivity contribution in [3.05, 3.63) is 35.4 Å². The lowest BCUT2D eigenvalue weighted by Gasteiger charge is -2.46. The van der Waals surface area contributed by atoms with Crippen LogP contribution in [0.25, 0.3) is 0 Å². The first kappa shape index (κ1) is 17.2. The lowest BCUT2D eigenvalue weighted by atomic mass is 9.72. The average Bonchev–Trinajstić information content (AvgIpc) is 2.78. The minimum absolute atomic E-state index is 0.0702. The molecule has 1 aliphatic carbocycles. The third-order valence-electron chi connectivity index (χ3n) is 7.32. The van der Waals surface area contributed by atoms with Crippen LogP contribution in [0, 0.1) is 11.8 Å². The van der Waals surface area contributed by atoms with Crippen molar-refractivity contribution in [3.63, 3.8) is 0 Å². The normalized spacial score (nSPS) is 39.3. The summed E-state index contributed by atoms with van der Waals surface area (Å²) in [6.07, 6.45) is 3.65. The summed E-state index contributed by atoms with van der Waals surface area (Å²) in [5, 5.41) is 11.3. The van der Waals surface area contributed by atoms with E-state index in [9.17, 15) is 9.90 Å². The van der Waals surface area contributed by atoms with E-state index >= 15 is 0 Å². The highest BCUT2D eigenvalue weighted by Gasteiger charge is 2.64. The summed E-state index contributed by atoms with van der Waals surface area (Å²) in [6.45, 7) is 3.76.